The Morgan fingerprint density at radius 3 is 2.73 bits per heavy atom. The summed E-state index contributed by atoms with van der Waals surface area (Å²) in [6.07, 6.45) is 0. The van der Waals surface area contributed by atoms with E-state index in [1.807, 2.05) is 31.2 Å². The molecule has 0 fully saturated rings. The fraction of sp³-hybridized carbons (Fsp3) is 0.294. The van der Waals surface area contributed by atoms with E-state index in [0.717, 1.165) is 30.9 Å². The molecule has 1 aliphatic heterocycles. The molecule has 1 unspecified atom stereocenters. The third-order valence-electron chi connectivity index (χ3n) is 4.20. The van der Waals surface area contributed by atoms with Crippen LogP contribution in [0.25, 0.3) is 0 Å². The number of hydrogen-bond donors (Lipinski definition) is 1. The number of fused-ring (bicyclic) bond motifs is 1. The molecule has 3 rings (SSSR count). The molecule has 0 amide bonds. The van der Waals surface area contributed by atoms with Gasteiger partial charge in [-0.15, -0.1) is 0 Å². The van der Waals surface area contributed by atoms with Crippen molar-refractivity contribution in [2.24, 2.45) is 0 Å². The van der Waals surface area contributed by atoms with Crippen LogP contribution in [0.15, 0.2) is 48.5 Å². The van der Waals surface area contributed by atoms with E-state index in [-0.39, 0.29) is 16.7 Å². The lowest BCUT2D eigenvalue weighted by molar-refractivity contribution is -0.385. The summed E-state index contributed by atoms with van der Waals surface area (Å²) >= 11 is 0. The molecule has 1 atom stereocenters. The van der Waals surface area contributed by atoms with Crippen LogP contribution in [0.3, 0.4) is 0 Å². The highest BCUT2D eigenvalue weighted by Gasteiger charge is 2.25. The molecule has 2 aromatic carbocycles. The summed E-state index contributed by atoms with van der Waals surface area (Å²) in [5, 5.41) is 14.7. The molecule has 5 heteroatoms. The fourth-order valence-corrected chi connectivity index (χ4v) is 3.06. The summed E-state index contributed by atoms with van der Waals surface area (Å²) in [7, 11) is 0. The number of nitro groups is 1. The minimum absolute atomic E-state index is 0.0531. The highest BCUT2D eigenvalue weighted by molar-refractivity contribution is 5.57. The summed E-state index contributed by atoms with van der Waals surface area (Å²) < 4.78 is 0. The monoisotopic (exact) mass is 297 g/mol. The molecule has 1 N–H and O–H groups in total. The number of hydrogen-bond acceptors (Lipinski definition) is 4. The Hall–Kier alpha value is -2.40. The van der Waals surface area contributed by atoms with Gasteiger partial charge in [-0.3, -0.25) is 10.1 Å². The van der Waals surface area contributed by atoms with Crippen molar-refractivity contribution in [1.82, 2.24) is 5.32 Å². The van der Waals surface area contributed by atoms with Crippen molar-refractivity contribution in [3.8, 4) is 0 Å². The van der Waals surface area contributed by atoms with Crippen LogP contribution < -0.4 is 10.2 Å². The first kappa shape index (κ1) is 14.5. The zero-order valence-corrected chi connectivity index (χ0v) is 12.5. The van der Waals surface area contributed by atoms with Gasteiger partial charge in [-0.05, 0) is 18.6 Å². The number of benzene rings is 2. The van der Waals surface area contributed by atoms with Crippen molar-refractivity contribution < 1.29 is 4.92 Å². The second kappa shape index (κ2) is 6.15. The van der Waals surface area contributed by atoms with Crippen molar-refractivity contribution >= 4 is 11.4 Å². The minimum Gasteiger partial charge on any atom is -0.363 e. The Morgan fingerprint density at radius 1 is 1.18 bits per heavy atom. The Bertz CT molecular complexity index is 687. The van der Waals surface area contributed by atoms with Crippen LogP contribution in [0.2, 0.25) is 0 Å². The zero-order chi connectivity index (χ0) is 15.5. The Labute approximate surface area is 129 Å². The van der Waals surface area contributed by atoms with E-state index in [2.05, 4.69) is 22.3 Å². The SMILES string of the molecule is CC(c1ccccc1[N+](=O)[O-])N1CCNCc2ccccc21. The molecular weight excluding hydrogens is 278 g/mol. The van der Waals surface area contributed by atoms with E-state index in [1.54, 1.807) is 12.1 Å². The first-order valence-corrected chi connectivity index (χ1v) is 7.47. The minimum atomic E-state index is -0.298. The second-order valence-corrected chi connectivity index (χ2v) is 5.49. The van der Waals surface area contributed by atoms with Crippen molar-refractivity contribution in [2.45, 2.75) is 19.5 Å². The predicted octanol–water partition coefficient (Wildman–Crippen LogP) is 3.27. The number of para-hydroxylation sites is 2. The number of rotatable bonds is 3. The Morgan fingerprint density at radius 2 is 1.91 bits per heavy atom. The highest BCUT2D eigenvalue weighted by atomic mass is 16.6. The van der Waals surface area contributed by atoms with Crippen LogP contribution in [0, 0.1) is 10.1 Å². The molecular formula is C17H19N3O2. The maximum Gasteiger partial charge on any atom is 0.274 e. The highest BCUT2D eigenvalue weighted by Crippen LogP contribution is 2.34. The number of nitrogens with one attached hydrogen (secondary N) is 1. The van der Waals surface area contributed by atoms with E-state index in [1.165, 1.54) is 5.56 Å². The first-order valence-electron chi connectivity index (χ1n) is 7.47. The van der Waals surface area contributed by atoms with Crippen LogP contribution >= 0.6 is 0 Å². The summed E-state index contributed by atoms with van der Waals surface area (Å²) in [6, 6.07) is 15.2. The van der Waals surface area contributed by atoms with Gasteiger partial charge in [0.05, 0.1) is 16.5 Å². The average Bonchev–Trinajstić information content (AvgIpc) is 2.76. The number of nitrogens with zero attached hydrogens (tertiary/aromatic N) is 2. The number of nitro benzene ring substituents is 1. The molecule has 5 nitrogen and oxygen atoms in total. The van der Waals surface area contributed by atoms with Crippen molar-refractivity contribution in [1.29, 1.82) is 0 Å². The summed E-state index contributed by atoms with van der Waals surface area (Å²) in [5.74, 6) is 0. The summed E-state index contributed by atoms with van der Waals surface area (Å²) in [5.41, 5.74) is 3.32. The van der Waals surface area contributed by atoms with Gasteiger partial charge in [-0.1, -0.05) is 36.4 Å². The lowest BCUT2D eigenvalue weighted by Gasteiger charge is -2.31. The molecule has 0 saturated carbocycles. The van der Waals surface area contributed by atoms with Gasteiger partial charge in [0.25, 0.3) is 5.69 Å². The van der Waals surface area contributed by atoms with Gasteiger partial charge in [0.1, 0.15) is 0 Å². The van der Waals surface area contributed by atoms with E-state index in [4.69, 9.17) is 0 Å². The summed E-state index contributed by atoms with van der Waals surface area (Å²) in [4.78, 5) is 13.2. The van der Waals surface area contributed by atoms with Gasteiger partial charge in [0, 0.05) is 31.4 Å². The molecule has 0 saturated heterocycles. The molecule has 1 heterocycles. The third kappa shape index (κ3) is 2.67. The molecule has 0 aromatic heterocycles. The van der Waals surface area contributed by atoms with Gasteiger partial charge in [0.15, 0.2) is 0 Å². The lowest BCUT2D eigenvalue weighted by Crippen LogP contribution is -2.31. The van der Waals surface area contributed by atoms with Gasteiger partial charge in [0.2, 0.25) is 0 Å². The zero-order valence-electron chi connectivity index (χ0n) is 12.5. The van der Waals surface area contributed by atoms with Crippen LogP contribution in [0.1, 0.15) is 24.1 Å². The van der Waals surface area contributed by atoms with E-state index < -0.39 is 0 Å². The van der Waals surface area contributed by atoms with Gasteiger partial charge in [-0.25, -0.2) is 0 Å². The molecule has 2 aromatic rings. The number of anilines is 1. The van der Waals surface area contributed by atoms with Crippen molar-refractivity contribution in [2.75, 3.05) is 18.0 Å². The second-order valence-electron chi connectivity index (χ2n) is 5.49. The average molecular weight is 297 g/mol. The molecule has 0 aliphatic carbocycles. The standard InChI is InChI=1S/C17H19N3O2/c1-13(15-7-3-5-9-17(15)20(21)22)19-11-10-18-12-14-6-2-4-8-16(14)19/h2-9,13,18H,10-12H2,1H3. The van der Waals surface area contributed by atoms with Crippen molar-refractivity contribution in [3.63, 3.8) is 0 Å². The predicted molar refractivity (Wildman–Crippen MR) is 87.0 cm³/mol. The molecule has 0 spiro atoms. The smallest absolute Gasteiger partial charge is 0.274 e. The molecule has 0 radical (unpaired) electrons. The van der Waals surface area contributed by atoms with Crippen LogP contribution in [-0.2, 0) is 6.54 Å². The maximum absolute atomic E-state index is 11.3. The largest absolute Gasteiger partial charge is 0.363 e. The molecule has 22 heavy (non-hydrogen) atoms. The first-order chi connectivity index (χ1) is 10.7. The quantitative estimate of drug-likeness (QED) is 0.698. The van der Waals surface area contributed by atoms with E-state index >= 15 is 0 Å². The van der Waals surface area contributed by atoms with Gasteiger partial charge in [-0.2, -0.15) is 0 Å². The maximum atomic E-state index is 11.3. The third-order valence-corrected chi connectivity index (χ3v) is 4.20. The van der Waals surface area contributed by atoms with Gasteiger partial charge < -0.3 is 10.2 Å². The molecule has 0 bridgehead atoms. The van der Waals surface area contributed by atoms with Crippen molar-refractivity contribution in [3.05, 3.63) is 69.8 Å². The molecule has 114 valence electrons. The topological polar surface area (TPSA) is 58.4 Å². The normalized spacial score (nSPS) is 15.8. The van der Waals surface area contributed by atoms with Gasteiger partial charge >= 0.3 is 0 Å². The molecule has 1 aliphatic rings. The Kier molecular flexibility index (Phi) is 4.06. The van der Waals surface area contributed by atoms with Crippen LogP contribution in [-0.4, -0.2) is 18.0 Å². The fourth-order valence-electron chi connectivity index (χ4n) is 3.06. The van der Waals surface area contributed by atoms with Crippen LogP contribution in [0.4, 0.5) is 11.4 Å². The van der Waals surface area contributed by atoms with E-state index in [0.29, 0.717) is 0 Å². The summed E-state index contributed by atoms with van der Waals surface area (Å²) in [6.45, 7) is 4.55. The Balaban J connectivity index is 2.02. The lowest BCUT2D eigenvalue weighted by atomic mass is 10.0. The van der Waals surface area contributed by atoms with E-state index in [9.17, 15) is 10.1 Å². The van der Waals surface area contributed by atoms with Crippen LogP contribution in [0.5, 0.6) is 0 Å².